The maximum atomic E-state index is 12.4. The molecule has 29 heavy (non-hydrogen) atoms. The van der Waals surface area contributed by atoms with Crippen LogP contribution in [0.25, 0.3) is 22.0 Å². The average Bonchev–Trinajstić information content (AvgIpc) is 3.49. The third-order valence-corrected chi connectivity index (χ3v) is 5.69. The van der Waals surface area contributed by atoms with Crippen molar-refractivity contribution in [1.29, 1.82) is 0 Å². The monoisotopic (exact) mass is 427 g/mol. The van der Waals surface area contributed by atoms with Gasteiger partial charge in [0.1, 0.15) is 16.5 Å². The number of thiophene rings is 1. The number of benzene rings is 1. The van der Waals surface area contributed by atoms with Gasteiger partial charge >= 0.3 is 0 Å². The summed E-state index contributed by atoms with van der Waals surface area (Å²) in [6.07, 6.45) is 0.149. The van der Waals surface area contributed by atoms with E-state index < -0.39 is 0 Å². The Labute approximate surface area is 174 Å². The second-order valence-electron chi connectivity index (χ2n) is 5.95. The number of hydrogen-bond acceptors (Lipinski definition) is 8. The second-order valence-corrected chi connectivity index (χ2v) is 7.59. The number of hydrogen-bond donors (Lipinski definition) is 2. The van der Waals surface area contributed by atoms with Crippen LogP contribution >= 0.6 is 22.7 Å². The lowest BCUT2D eigenvalue weighted by Gasteiger charge is -2.07. The molecule has 0 aliphatic rings. The number of ether oxygens (including phenoxy) is 2. The SMILES string of the molecule is COc1ccc(-c2nc(NC(=O)Cc3csc(-c4ccsc4)n3)n[nH]2)c(OC)c1. The summed E-state index contributed by atoms with van der Waals surface area (Å²) in [5, 5.41) is 16.4. The molecule has 0 radical (unpaired) electrons. The number of methoxy groups -OCH3 is 2. The van der Waals surface area contributed by atoms with Crippen molar-refractivity contribution in [3.8, 4) is 33.5 Å². The van der Waals surface area contributed by atoms with Crippen LogP contribution in [0.3, 0.4) is 0 Å². The molecule has 4 rings (SSSR count). The number of amides is 1. The predicted octanol–water partition coefficient (Wildman–Crippen LogP) is 3.86. The van der Waals surface area contributed by atoms with Gasteiger partial charge < -0.3 is 9.47 Å². The number of aromatic nitrogens is 4. The molecule has 148 valence electrons. The summed E-state index contributed by atoms with van der Waals surface area (Å²) in [5.74, 6) is 1.69. The molecule has 0 fully saturated rings. The highest BCUT2D eigenvalue weighted by Crippen LogP contribution is 2.31. The zero-order valence-electron chi connectivity index (χ0n) is 15.6. The molecule has 3 heterocycles. The minimum atomic E-state index is -0.237. The molecule has 1 amide bonds. The van der Waals surface area contributed by atoms with Crippen molar-refractivity contribution in [3.05, 3.63) is 46.1 Å². The van der Waals surface area contributed by atoms with Gasteiger partial charge in [-0.25, -0.2) is 4.98 Å². The molecule has 0 unspecified atom stereocenters. The molecule has 0 aliphatic heterocycles. The fourth-order valence-electron chi connectivity index (χ4n) is 2.67. The Kier molecular flexibility index (Phi) is 5.54. The van der Waals surface area contributed by atoms with Gasteiger partial charge in [0.15, 0.2) is 5.82 Å². The molecule has 3 aromatic heterocycles. The van der Waals surface area contributed by atoms with E-state index in [4.69, 9.17) is 9.47 Å². The minimum Gasteiger partial charge on any atom is -0.497 e. The first-order valence-corrected chi connectivity index (χ1v) is 10.4. The lowest BCUT2D eigenvalue weighted by Crippen LogP contribution is -2.15. The van der Waals surface area contributed by atoms with E-state index in [1.807, 2.05) is 28.3 Å². The molecule has 2 N–H and O–H groups in total. The van der Waals surface area contributed by atoms with Gasteiger partial charge in [0.25, 0.3) is 0 Å². The molecule has 0 bridgehead atoms. The molecule has 10 heteroatoms. The van der Waals surface area contributed by atoms with Crippen LogP contribution in [0.15, 0.2) is 40.4 Å². The van der Waals surface area contributed by atoms with Gasteiger partial charge in [-0.05, 0) is 23.6 Å². The van der Waals surface area contributed by atoms with Crippen molar-refractivity contribution in [2.75, 3.05) is 19.5 Å². The highest BCUT2D eigenvalue weighted by atomic mass is 32.1. The Morgan fingerprint density at radius 2 is 2.07 bits per heavy atom. The van der Waals surface area contributed by atoms with E-state index in [1.165, 1.54) is 11.3 Å². The van der Waals surface area contributed by atoms with E-state index in [9.17, 15) is 4.79 Å². The summed E-state index contributed by atoms with van der Waals surface area (Å²) >= 11 is 3.13. The Morgan fingerprint density at radius 3 is 2.83 bits per heavy atom. The standard InChI is InChI=1S/C19H17N5O3S2/c1-26-13-3-4-14(15(8-13)27-2)17-22-19(24-23-17)21-16(25)7-12-10-29-18(20-12)11-5-6-28-9-11/h3-6,8-10H,7H2,1-2H3,(H2,21,22,23,24,25). The Morgan fingerprint density at radius 1 is 1.17 bits per heavy atom. The van der Waals surface area contributed by atoms with Gasteiger partial charge in [-0.3, -0.25) is 15.2 Å². The van der Waals surface area contributed by atoms with Crippen LogP contribution in [0.2, 0.25) is 0 Å². The van der Waals surface area contributed by atoms with Crippen molar-refractivity contribution < 1.29 is 14.3 Å². The summed E-state index contributed by atoms with van der Waals surface area (Å²) in [6.45, 7) is 0. The van der Waals surface area contributed by atoms with Crippen molar-refractivity contribution in [3.63, 3.8) is 0 Å². The first-order chi connectivity index (χ1) is 14.2. The normalized spacial score (nSPS) is 10.7. The molecular weight excluding hydrogens is 410 g/mol. The first-order valence-electron chi connectivity index (χ1n) is 8.58. The number of thiazole rings is 1. The van der Waals surface area contributed by atoms with Crippen molar-refractivity contribution in [1.82, 2.24) is 20.2 Å². The van der Waals surface area contributed by atoms with E-state index in [1.54, 1.807) is 37.7 Å². The molecule has 1 aromatic carbocycles. The van der Waals surface area contributed by atoms with Crippen molar-refractivity contribution in [2.24, 2.45) is 0 Å². The maximum Gasteiger partial charge on any atom is 0.249 e. The summed E-state index contributed by atoms with van der Waals surface area (Å²) in [5.41, 5.74) is 2.49. The molecule has 8 nitrogen and oxygen atoms in total. The van der Waals surface area contributed by atoms with Gasteiger partial charge in [0.05, 0.1) is 31.9 Å². The maximum absolute atomic E-state index is 12.4. The summed E-state index contributed by atoms with van der Waals surface area (Å²) in [6, 6.07) is 7.37. The Balaban J connectivity index is 1.43. The zero-order chi connectivity index (χ0) is 20.2. The summed E-state index contributed by atoms with van der Waals surface area (Å²) in [4.78, 5) is 21.2. The quantitative estimate of drug-likeness (QED) is 0.464. The van der Waals surface area contributed by atoms with Gasteiger partial charge in [-0.15, -0.1) is 16.4 Å². The zero-order valence-corrected chi connectivity index (χ0v) is 17.3. The molecule has 0 atom stereocenters. The van der Waals surface area contributed by atoms with Crippen LogP contribution in [-0.4, -0.2) is 40.3 Å². The number of anilines is 1. The number of aromatic amines is 1. The Bertz CT molecular complexity index is 1120. The molecule has 0 saturated heterocycles. The second kappa shape index (κ2) is 8.41. The fraction of sp³-hybridized carbons (Fsp3) is 0.158. The Hall–Kier alpha value is -3.24. The summed E-state index contributed by atoms with van der Waals surface area (Å²) < 4.78 is 10.6. The van der Waals surface area contributed by atoms with Crippen LogP contribution < -0.4 is 14.8 Å². The van der Waals surface area contributed by atoms with E-state index in [0.29, 0.717) is 28.6 Å². The molecule has 0 spiro atoms. The third-order valence-electron chi connectivity index (χ3n) is 4.06. The van der Waals surface area contributed by atoms with E-state index in [0.717, 1.165) is 10.6 Å². The molecule has 0 saturated carbocycles. The minimum absolute atomic E-state index is 0.149. The topological polar surface area (TPSA) is 102 Å². The summed E-state index contributed by atoms with van der Waals surface area (Å²) in [7, 11) is 3.15. The van der Waals surface area contributed by atoms with Crippen molar-refractivity contribution >= 4 is 34.5 Å². The number of rotatable bonds is 7. The first kappa shape index (κ1) is 19.1. The number of nitrogens with zero attached hydrogens (tertiary/aromatic N) is 3. The molecule has 0 aliphatic carbocycles. The van der Waals surface area contributed by atoms with Crippen LogP contribution in [0, 0.1) is 0 Å². The number of H-pyrrole nitrogens is 1. The average molecular weight is 428 g/mol. The lowest BCUT2D eigenvalue weighted by molar-refractivity contribution is -0.115. The van der Waals surface area contributed by atoms with Gasteiger partial charge in [0.2, 0.25) is 11.9 Å². The van der Waals surface area contributed by atoms with Crippen LogP contribution in [0.4, 0.5) is 5.95 Å². The molecular formula is C19H17N5O3S2. The van der Waals surface area contributed by atoms with Crippen molar-refractivity contribution in [2.45, 2.75) is 6.42 Å². The van der Waals surface area contributed by atoms with Gasteiger partial charge in [0, 0.05) is 22.4 Å². The number of carbonyl (C=O) groups is 1. The lowest BCUT2D eigenvalue weighted by atomic mass is 10.2. The third kappa shape index (κ3) is 4.28. The van der Waals surface area contributed by atoms with Gasteiger partial charge in [-0.1, -0.05) is 0 Å². The number of nitrogens with one attached hydrogen (secondary N) is 2. The van der Waals surface area contributed by atoms with Crippen LogP contribution in [-0.2, 0) is 11.2 Å². The van der Waals surface area contributed by atoms with E-state index in [2.05, 4.69) is 25.5 Å². The predicted molar refractivity (Wildman–Crippen MR) is 113 cm³/mol. The highest BCUT2D eigenvalue weighted by molar-refractivity contribution is 7.14. The highest BCUT2D eigenvalue weighted by Gasteiger charge is 2.15. The fourth-order valence-corrected chi connectivity index (χ4v) is 4.20. The number of carbonyl (C=O) groups excluding carboxylic acids is 1. The van der Waals surface area contributed by atoms with E-state index >= 15 is 0 Å². The van der Waals surface area contributed by atoms with Crippen LogP contribution in [0.5, 0.6) is 11.5 Å². The molecule has 4 aromatic rings. The smallest absolute Gasteiger partial charge is 0.249 e. The largest absolute Gasteiger partial charge is 0.497 e. The van der Waals surface area contributed by atoms with Gasteiger partial charge in [-0.2, -0.15) is 16.3 Å². The van der Waals surface area contributed by atoms with E-state index in [-0.39, 0.29) is 18.3 Å². The van der Waals surface area contributed by atoms with Crippen LogP contribution in [0.1, 0.15) is 5.69 Å².